The minimum atomic E-state index is -1.02. The van der Waals surface area contributed by atoms with Crippen LogP contribution in [0.25, 0.3) is 0 Å². The molecular formula is C43H78N2O5. The number of hydrogen-bond acceptors (Lipinski definition) is 5. The summed E-state index contributed by atoms with van der Waals surface area (Å²) in [5, 5.41) is 11.9. The number of hydrogen-bond donors (Lipinski definition) is 3. The Kier molecular flexibility index (Phi) is 36.0. The number of unbranched alkanes of at least 4 members (excludes halogenated alkanes) is 19. The lowest BCUT2D eigenvalue weighted by atomic mass is 10.1. The molecule has 2 atom stereocenters. The molecule has 50 heavy (non-hydrogen) atoms. The topological polar surface area (TPSA) is 119 Å². The molecule has 0 rings (SSSR count). The average Bonchev–Trinajstić information content (AvgIpc) is 3.10. The minimum Gasteiger partial charge on any atom is -0.480 e. The van der Waals surface area contributed by atoms with Gasteiger partial charge in [-0.2, -0.15) is 0 Å². The molecule has 0 aromatic rings. The van der Waals surface area contributed by atoms with Gasteiger partial charge < -0.3 is 20.9 Å². The monoisotopic (exact) mass is 703 g/mol. The van der Waals surface area contributed by atoms with Crippen molar-refractivity contribution in [2.75, 3.05) is 6.54 Å². The van der Waals surface area contributed by atoms with Crippen molar-refractivity contribution >= 4 is 17.8 Å². The third-order valence-corrected chi connectivity index (χ3v) is 9.16. The molecule has 7 nitrogen and oxygen atoms in total. The Labute approximate surface area is 307 Å². The van der Waals surface area contributed by atoms with E-state index in [-0.39, 0.29) is 18.0 Å². The number of nitrogens with one attached hydrogen (secondary N) is 1. The van der Waals surface area contributed by atoms with Crippen LogP contribution in [0.15, 0.2) is 36.5 Å². The summed E-state index contributed by atoms with van der Waals surface area (Å²) < 4.78 is 5.92. The molecule has 0 saturated heterocycles. The summed E-state index contributed by atoms with van der Waals surface area (Å²) in [5.74, 6) is -1.34. The molecule has 7 heteroatoms. The van der Waals surface area contributed by atoms with Crippen molar-refractivity contribution in [3.05, 3.63) is 36.5 Å². The van der Waals surface area contributed by atoms with Gasteiger partial charge in [0.05, 0.1) is 0 Å². The number of rotatable bonds is 37. The van der Waals surface area contributed by atoms with Crippen LogP contribution in [-0.2, 0) is 19.1 Å². The molecule has 0 aromatic heterocycles. The van der Waals surface area contributed by atoms with Crippen LogP contribution in [0.4, 0.5) is 0 Å². The first-order valence-corrected chi connectivity index (χ1v) is 20.8. The lowest BCUT2D eigenvalue weighted by Gasteiger charge is -2.15. The highest BCUT2D eigenvalue weighted by Gasteiger charge is 2.19. The minimum absolute atomic E-state index is 0.101. The standard InChI is InChI=1S/C43H78N2O5/c1-3-5-7-9-11-13-14-15-16-17-18-19-21-23-25-31-37-42(47)50-39(33-28-24-22-20-12-10-8-6-4-2)34-29-26-27-30-36-41(46)45-40(43(48)49)35-32-38-44/h13-14,16-17,28,33,39-40H,3-12,15,18-27,29-32,34-38,44H2,1-2H3,(H,45,46)(H,48,49)/b14-13-,17-16-,33-28-. The van der Waals surface area contributed by atoms with Gasteiger partial charge in [-0.05, 0) is 96.1 Å². The van der Waals surface area contributed by atoms with E-state index in [0.29, 0.717) is 38.6 Å². The summed E-state index contributed by atoms with van der Waals surface area (Å²) in [5.41, 5.74) is 5.48. The molecule has 0 bridgehead atoms. The summed E-state index contributed by atoms with van der Waals surface area (Å²) in [6.07, 6.45) is 43.4. The van der Waals surface area contributed by atoms with Crippen molar-refractivity contribution in [1.82, 2.24) is 5.32 Å². The first kappa shape index (κ1) is 47.6. The number of carboxylic acid groups (broad SMARTS) is 1. The molecule has 0 fully saturated rings. The fourth-order valence-electron chi connectivity index (χ4n) is 5.98. The van der Waals surface area contributed by atoms with E-state index >= 15 is 0 Å². The second-order valence-corrected chi connectivity index (χ2v) is 14.0. The predicted molar refractivity (Wildman–Crippen MR) is 211 cm³/mol. The number of carbonyl (C=O) groups is 3. The molecule has 0 spiro atoms. The Morgan fingerprint density at radius 2 is 1.10 bits per heavy atom. The van der Waals surface area contributed by atoms with Gasteiger partial charge in [0.25, 0.3) is 0 Å². The molecule has 0 saturated carbocycles. The maximum Gasteiger partial charge on any atom is 0.326 e. The van der Waals surface area contributed by atoms with E-state index in [2.05, 4.69) is 55.6 Å². The quantitative estimate of drug-likeness (QED) is 0.0337. The van der Waals surface area contributed by atoms with Crippen LogP contribution in [-0.4, -0.2) is 41.6 Å². The summed E-state index contributed by atoms with van der Waals surface area (Å²) in [4.78, 5) is 36.3. The fourth-order valence-corrected chi connectivity index (χ4v) is 5.98. The van der Waals surface area contributed by atoms with Gasteiger partial charge in [0.15, 0.2) is 0 Å². The fraction of sp³-hybridized carbons (Fsp3) is 0.791. The lowest BCUT2D eigenvalue weighted by Crippen LogP contribution is -2.40. The molecular weight excluding hydrogens is 624 g/mol. The Balaban J connectivity index is 4.34. The second kappa shape index (κ2) is 37.8. The van der Waals surface area contributed by atoms with Crippen LogP contribution >= 0.6 is 0 Å². The van der Waals surface area contributed by atoms with E-state index in [0.717, 1.165) is 64.2 Å². The van der Waals surface area contributed by atoms with Crippen molar-refractivity contribution in [2.45, 2.75) is 212 Å². The zero-order chi connectivity index (χ0) is 36.8. The smallest absolute Gasteiger partial charge is 0.326 e. The van der Waals surface area contributed by atoms with Crippen LogP contribution < -0.4 is 11.1 Å². The Bertz CT molecular complexity index is 885. The van der Waals surface area contributed by atoms with Gasteiger partial charge in [-0.25, -0.2) is 4.79 Å². The number of carbonyl (C=O) groups excluding carboxylic acids is 2. The molecule has 0 aliphatic rings. The van der Waals surface area contributed by atoms with Crippen LogP contribution in [0.1, 0.15) is 200 Å². The van der Waals surface area contributed by atoms with Gasteiger partial charge in [0.1, 0.15) is 12.1 Å². The highest BCUT2D eigenvalue weighted by molar-refractivity contribution is 5.83. The summed E-state index contributed by atoms with van der Waals surface area (Å²) >= 11 is 0. The Hall–Kier alpha value is -2.41. The zero-order valence-corrected chi connectivity index (χ0v) is 32.5. The lowest BCUT2D eigenvalue weighted by molar-refractivity contribution is -0.147. The maximum atomic E-state index is 12.7. The molecule has 0 aliphatic carbocycles. The Morgan fingerprint density at radius 1 is 0.600 bits per heavy atom. The van der Waals surface area contributed by atoms with Crippen LogP contribution in [0, 0.1) is 0 Å². The van der Waals surface area contributed by atoms with E-state index in [1.807, 2.05) is 0 Å². The van der Waals surface area contributed by atoms with Gasteiger partial charge in [0, 0.05) is 12.8 Å². The van der Waals surface area contributed by atoms with E-state index in [4.69, 9.17) is 10.5 Å². The van der Waals surface area contributed by atoms with Crippen molar-refractivity contribution in [1.29, 1.82) is 0 Å². The van der Waals surface area contributed by atoms with Crippen molar-refractivity contribution in [3.8, 4) is 0 Å². The average molecular weight is 703 g/mol. The number of aliphatic carboxylic acids is 1. The summed E-state index contributed by atoms with van der Waals surface area (Å²) in [6.45, 7) is 4.90. The first-order valence-electron chi connectivity index (χ1n) is 20.8. The highest BCUT2D eigenvalue weighted by atomic mass is 16.5. The molecule has 0 aromatic carbocycles. The van der Waals surface area contributed by atoms with Crippen molar-refractivity contribution < 1.29 is 24.2 Å². The molecule has 1 amide bonds. The molecule has 4 N–H and O–H groups in total. The highest BCUT2D eigenvalue weighted by Crippen LogP contribution is 2.15. The number of allylic oxidation sites excluding steroid dienone is 5. The van der Waals surface area contributed by atoms with E-state index in [1.165, 1.54) is 89.9 Å². The number of amides is 1. The van der Waals surface area contributed by atoms with Gasteiger partial charge in [-0.1, -0.05) is 134 Å². The van der Waals surface area contributed by atoms with Gasteiger partial charge in [-0.15, -0.1) is 0 Å². The number of esters is 1. The van der Waals surface area contributed by atoms with E-state index < -0.39 is 12.0 Å². The molecule has 2 unspecified atom stereocenters. The largest absolute Gasteiger partial charge is 0.480 e. The van der Waals surface area contributed by atoms with E-state index in [1.54, 1.807) is 0 Å². The SMILES string of the molecule is CCCCCC/C=C\C/C=C\CCCCCCCC(=O)OC(/C=C\CCCCCCCCC)CCCCCCC(=O)NC(CCCN)C(=O)O. The van der Waals surface area contributed by atoms with Crippen LogP contribution in [0.2, 0.25) is 0 Å². The summed E-state index contributed by atoms with van der Waals surface area (Å²) in [7, 11) is 0. The molecule has 0 aliphatic heterocycles. The number of ether oxygens (including phenoxy) is 1. The van der Waals surface area contributed by atoms with Crippen LogP contribution in [0.3, 0.4) is 0 Å². The first-order chi connectivity index (χ1) is 24.4. The zero-order valence-electron chi connectivity index (χ0n) is 32.5. The molecule has 290 valence electrons. The van der Waals surface area contributed by atoms with Gasteiger partial charge >= 0.3 is 11.9 Å². The van der Waals surface area contributed by atoms with Crippen LogP contribution in [0.5, 0.6) is 0 Å². The molecule has 0 radical (unpaired) electrons. The maximum absolute atomic E-state index is 12.7. The third kappa shape index (κ3) is 34.1. The molecule has 0 heterocycles. The van der Waals surface area contributed by atoms with Crippen molar-refractivity contribution in [3.63, 3.8) is 0 Å². The second-order valence-electron chi connectivity index (χ2n) is 14.0. The van der Waals surface area contributed by atoms with Gasteiger partial charge in [-0.3, -0.25) is 9.59 Å². The van der Waals surface area contributed by atoms with Gasteiger partial charge in [0.2, 0.25) is 5.91 Å². The van der Waals surface area contributed by atoms with E-state index in [9.17, 15) is 19.5 Å². The third-order valence-electron chi connectivity index (χ3n) is 9.16. The summed E-state index contributed by atoms with van der Waals surface area (Å²) in [6, 6.07) is -0.871. The Morgan fingerprint density at radius 3 is 1.68 bits per heavy atom. The predicted octanol–water partition coefficient (Wildman–Crippen LogP) is 11.4. The number of carboxylic acids is 1. The normalized spacial score (nSPS) is 13.0. The number of nitrogens with two attached hydrogens (primary N) is 1. The van der Waals surface area contributed by atoms with Crippen molar-refractivity contribution in [2.24, 2.45) is 5.73 Å².